The third kappa shape index (κ3) is 6.75. The van der Waals surface area contributed by atoms with E-state index in [1.54, 1.807) is 0 Å². The standard InChI is InChI=1S/C28H30F2N6.C4H6O4/c1-17-28(9-3-4-10-28)21-13-20(14-22(29)26(21)33-17)25-23(30)16-32-27(35-25)34-24-6-5-19(15-31-24)18-7-11-36(2)12-8-18;5-3-8-2-1-4(6)7/h5-6,13-16,18H,3-4,7-12H2,1-2H3,(H,31,32,34,35);3H,1-2H2,(H,6,7). The van der Waals surface area contributed by atoms with E-state index in [1.807, 2.05) is 25.3 Å². The third-order valence-electron chi connectivity index (χ3n) is 8.74. The summed E-state index contributed by atoms with van der Waals surface area (Å²) in [5.41, 5.74) is 3.64. The number of hydrogen-bond donors (Lipinski definition) is 2. The Labute approximate surface area is 254 Å². The molecule has 0 radical (unpaired) electrons. The molecule has 1 spiro atoms. The second-order valence-corrected chi connectivity index (χ2v) is 11.5. The van der Waals surface area contributed by atoms with E-state index in [2.05, 4.69) is 48.0 Å². The molecule has 3 aliphatic rings. The number of pyridine rings is 1. The van der Waals surface area contributed by atoms with Crippen molar-refractivity contribution in [2.75, 3.05) is 32.1 Å². The highest BCUT2D eigenvalue weighted by Crippen LogP contribution is 2.52. The largest absolute Gasteiger partial charge is 0.481 e. The molecule has 232 valence electrons. The van der Waals surface area contributed by atoms with Gasteiger partial charge in [-0.15, -0.1) is 0 Å². The van der Waals surface area contributed by atoms with Crippen molar-refractivity contribution in [2.45, 2.75) is 63.2 Å². The predicted octanol–water partition coefficient (Wildman–Crippen LogP) is 5.92. The molecule has 10 nitrogen and oxygen atoms in total. The molecular weight excluding hydrogens is 570 g/mol. The van der Waals surface area contributed by atoms with Crippen molar-refractivity contribution in [3.8, 4) is 11.3 Å². The van der Waals surface area contributed by atoms with Crippen LogP contribution in [0.25, 0.3) is 11.3 Å². The smallest absolute Gasteiger partial charge is 0.306 e. The molecular formula is C32H36F2N6O4. The first-order valence-corrected chi connectivity index (χ1v) is 14.8. The molecule has 6 rings (SSSR count). The van der Waals surface area contributed by atoms with Gasteiger partial charge in [0.05, 0.1) is 12.6 Å². The molecule has 4 heterocycles. The number of rotatable bonds is 8. The predicted molar refractivity (Wildman–Crippen MR) is 162 cm³/mol. The number of likely N-dealkylation sites (tertiary alicyclic amines) is 1. The molecule has 1 saturated heterocycles. The van der Waals surface area contributed by atoms with E-state index in [0.29, 0.717) is 23.0 Å². The van der Waals surface area contributed by atoms with E-state index in [4.69, 9.17) is 5.11 Å². The number of piperidine rings is 1. The maximum Gasteiger partial charge on any atom is 0.306 e. The molecule has 44 heavy (non-hydrogen) atoms. The van der Waals surface area contributed by atoms with Gasteiger partial charge in [-0.05, 0) is 88.0 Å². The second-order valence-electron chi connectivity index (χ2n) is 11.5. The molecule has 3 aromatic rings. The van der Waals surface area contributed by atoms with Crippen molar-refractivity contribution in [1.29, 1.82) is 0 Å². The summed E-state index contributed by atoms with van der Waals surface area (Å²) in [5.74, 6) is -0.687. The second kappa shape index (κ2) is 13.5. The van der Waals surface area contributed by atoms with Gasteiger partial charge in [0.15, 0.2) is 5.82 Å². The SMILES string of the molecule is CC1=Nc2c(F)cc(-c3nc(Nc4ccc(C5CCN(C)CC5)cn4)ncc3F)cc2C12CCCC2.O=COCCC(=O)O. The average Bonchev–Trinajstić information content (AvgIpc) is 3.61. The fourth-order valence-corrected chi connectivity index (χ4v) is 6.29. The number of nitrogens with zero attached hydrogens (tertiary/aromatic N) is 5. The molecule has 2 N–H and O–H groups in total. The fraction of sp³-hybridized carbons (Fsp3) is 0.438. The summed E-state index contributed by atoms with van der Waals surface area (Å²) in [4.78, 5) is 39.0. The number of aliphatic imine (C=N–C) groups is 1. The van der Waals surface area contributed by atoms with E-state index in [9.17, 15) is 14.0 Å². The summed E-state index contributed by atoms with van der Waals surface area (Å²) in [5, 5.41) is 11.0. The Morgan fingerprint density at radius 2 is 1.89 bits per heavy atom. The number of carbonyl (C=O) groups excluding carboxylic acids is 1. The van der Waals surface area contributed by atoms with Gasteiger partial charge in [0.25, 0.3) is 6.47 Å². The topological polar surface area (TPSA) is 130 Å². The molecule has 0 amide bonds. The summed E-state index contributed by atoms with van der Waals surface area (Å²) in [6.07, 6.45) is 9.18. The van der Waals surface area contributed by atoms with Gasteiger partial charge in [-0.25, -0.2) is 23.7 Å². The van der Waals surface area contributed by atoms with Crippen molar-refractivity contribution in [3.05, 3.63) is 59.4 Å². The third-order valence-corrected chi connectivity index (χ3v) is 8.74. The van der Waals surface area contributed by atoms with Crippen molar-refractivity contribution in [1.82, 2.24) is 19.9 Å². The lowest BCUT2D eigenvalue weighted by atomic mass is 9.76. The van der Waals surface area contributed by atoms with Crippen molar-refractivity contribution < 1.29 is 28.2 Å². The van der Waals surface area contributed by atoms with Crippen molar-refractivity contribution >= 4 is 35.6 Å². The number of nitrogens with one attached hydrogen (secondary N) is 1. The Morgan fingerprint density at radius 1 is 1.14 bits per heavy atom. The normalized spacial score (nSPS) is 17.4. The summed E-state index contributed by atoms with van der Waals surface area (Å²) >= 11 is 0. The van der Waals surface area contributed by atoms with E-state index in [0.717, 1.165) is 69.1 Å². The highest BCUT2D eigenvalue weighted by Gasteiger charge is 2.44. The van der Waals surface area contributed by atoms with Gasteiger partial charge in [-0.1, -0.05) is 18.9 Å². The highest BCUT2D eigenvalue weighted by atomic mass is 19.1. The minimum absolute atomic E-state index is 0.0428. The van der Waals surface area contributed by atoms with Crippen molar-refractivity contribution in [3.63, 3.8) is 0 Å². The van der Waals surface area contributed by atoms with Gasteiger partial charge in [0, 0.05) is 22.9 Å². The zero-order valence-corrected chi connectivity index (χ0v) is 24.9. The minimum Gasteiger partial charge on any atom is -0.481 e. The number of carbonyl (C=O) groups is 2. The molecule has 0 atom stereocenters. The van der Waals surface area contributed by atoms with E-state index in [1.165, 1.54) is 11.6 Å². The fourth-order valence-electron chi connectivity index (χ4n) is 6.29. The number of anilines is 2. The van der Waals surface area contributed by atoms with Crippen LogP contribution in [0, 0.1) is 11.6 Å². The van der Waals surface area contributed by atoms with Crippen molar-refractivity contribution in [2.24, 2.45) is 4.99 Å². The lowest BCUT2D eigenvalue weighted by Gasteiger charge is -2.29. The Bertz CT molecular complexity index is 1530. The Balaban J connectivity index is 0.000000426. The maximum atomic E-state index is 15.1. The first kappa shape index (κ1) is 31.1. The number of carboxylic acid groups (broad SMARTS) is 1. The van der Waals surface area contributed by atoms with Crippen LogP contribution in [-0.2, 0) is 19.7 Å². The number of hydrogen-bond acceptors (Lipinski definition) is 9. The molecule has 1 saturated carbocycles. The Hall–Kier alpha value is -4.32. The van der Waals surface area contributed by atoms with Crippen LogP contribution in [0.1, 0.15) is 68.9 Å². The van der Waals surface area contributed by atoms with Gasteiger partial charge >= 0.3 is 5.97 Å². The quantitative estimate of drug-likeness (QED) is 0.237. The summed E-state index contributed by atoms with van der Waals surface area (Å²) < 4.78 is 34.1. The lowest BCUT2D eigenvalue weighted by Crippen LogP contribution is -2.29. The summed E-state index contributed by atoms with van der Waals surface area (Å²) in [6, 6.07) is 7.18. The van der Waals surface area contributed by atoms with E-state index < -0.39 is 17.6 Å². The number of fused-ring (bicyclic) bond motifs is 2. The number of carboxylic acids is 1. The number of halogens is 2. The maximum absolute atomic E-state index is 15.1. The molecule has 2 fully saturated rings. The summed E-state index contributed by atoms with van der Waals surface area (Å²) in [6.45, 7) is 4.34. The first-order valence-electron chi connectivity index (χ1n) is 14.8. The van der Waals surface area contributed by atoms with Gasteiger partial charge in [0.1, 0.15) is 29.6 Å². The Kier molecular flexibility index (Phi) is 9.58. The van der Waals surface area contributed by atoms with Crippen LogP contribution >= 0.6 is 0 Å². The van der Waals surface area contributed by atoms with E-state index in [-0.39, 0.29) is 36.6 Å². The van der Waals surface area contributed by atoms with Gasteiger partial charge in [0.2, 0.25) is 5.95 Å². The molecule has 0 unspecified atom stereocenters. The van der Waals surface area contributed by atoms with Crippen LogP contribution in [0.3, 0.4) is 0 Å². The van der Waals surface area contributed by atoms with Crippen LogP contribution < -0.4 is 5.32 Å². The summed E-state index contributed by atoms with van der Waals surface area (Å²) in [7, 11) is 2.15. The lowest BCUT2D eigenvalue weighted by molar-refractivity contribution is -0.139. The minimum atomic E-state index is -0.966. The zero-order chi connectivity index (χ0) is 31.3. The van der Waals surface area contributed by atoms with Crippen LogP contribution in [0.5, 0.6) is 0 Å². The molecule has 1 aromatic carbocycles. The first-order chi connectivity index (χ1) is 21.2. The molecule has 2 aliphatic heterocycles. The molecule has 12 heteroatoms. The Morgan fingerprint density at radius 3 is 2.55 bits per heavy atom. The van der Waals surface area contributed by atoms with Crippen LogP contribution in [0.4, 0.5) is 26.2 Å². The monoisotopic (exact) mass is 606 g/mol. The number of benzene rings is 1. The van der Waals surface area contributed by atoms with Crippen LogP contribution in [0.2, 0.25) is 0 Å². The average molecular weight is 607 g/mol. The zero-order valence-electron chi connectivity index (χ0n) is 24.9. The number of aromatic nitrogens is 3. The molecule has 1 aliphatic carbocycles. The van der Waals surface area contributed by atoms with Gasteiger partial charge in [-0.3, -0.25) is 14.6 Å². The van der Waals surface area contributed by atoms with Gasteiger partial charge in [-0.2, -0.15) is 0 Å². The highest BCUT2D eigenvalue weighted by molar-refractivity contribution is 6.01. The van der Waals surface area contributed by atoms with E-state index >= 15 is 4.39 Å². The molecule has 2 aromatic heterocycles. The number of ether oxygens (including phenoxy) is 1. The number of aliphatic carboxylic acids is 1. The van der Waals surface area contributed by atoms with Crippen LogP contribution in [0.15, 0.2) is 41.7 Å². The molecule has 0 bridgehead atoms. The van der Waals surface area contributed by atoms with Crippen LogP contribution in [-0.4, -0.2) is 69.9 Å². The van der Waals surface area contributed by atoms with Gasteiger partial charge < -0.3 is 20.1 Å².